The molecule has 1 aromatic heterocycles. The highest BCUT2D eigenvalue weighted by atomic mass is 16.6. The monoisotopic (exact) mass is 295 g/mol. The van der Waals surface area contributed by atoms with Gasteiger partial charge in [-0.2, -0.15) is 0 Å². The van der Waals surface area contributed by atoms with E-state index in [0.717, 1.165) is 40.5 Å². The van der Waals surface area contributed by atoms with Crippen LogP contribution >= 0.6 is 0 Å². The van der Waals surface area contributed by atoms with E-state index < -0.39 is 0 Å². The molecule has 4 rings (SSSR count). The molecular formula is C17H17N3O2. The van der Waals surface area contributed by atoms with Crippen LogP contribution in [0.15, 0.2) is 42.5 Å². The Morgan fingerprint density at radius 1 is 1.05 bits per heavy atom. The molecule has 2 N–H and O–H groups in total. The molecule has 22 heavy (non-hydrogen) atoms. The summed E-state index contributed by atoms with van der Waals surface area (Å²) in [4.78, 5) is 4.73. The summed E-state index contributed by atoms with van der Waals surface area (Å²) in [5.41, 5.74) is 8.74. The summed E-state index contributed by atoms with van der Waals surface area (Å²) < 4.78 is 13.5. The minimum atomic E-state index is 0.558. The Labute approximate surface area is 128 Å². The molecule has 0 saturated carbocycles. The smallest absolute Gasteiger partial charge is 0.163 e. The number of fused-ring (bicyclic) bond motifs is 2. The van der Waals surface area contributed by atoms with Crippen LogP contribution in [0.25, 0.3) is 16.7 Å². The van der Waals surface area contributed by atoms with Crippen LogP contribution in [-0.4, -0.2) is 29.3 Å². The number of nitrogens with zero attached hydrogens (tertiary/aromatic N) is 2. The van der Waals surface area contributed by atoms with Gasteiger partial charge in [0.15, 0.2) is 11.5 Å². The fourth-order valence-electron chi connectivity index (χ4n) is 2.83. The second-order valence-electron chi connectivity index (χ2n) is 5.22. The molecule has 0 aliphatic carbocycles. The van der Waals surface area contributed by atoms with Gasteiger partial charge in [0.25, 0.3) is 0 Å². The summed E-state index contributed by atoms with van der Waals surface area (Å²) >= 11 is 0. The predicted octanol–water partition coefficient (Wildman–Crippen LogP) is 2.30. The maximum absolute atomic E-state index is 5.75. The first-order valence-corrected chi connectivity index (χ1v) is 7.43. The fraction of sp³-hybridized carbons (Fsp3) is 0.235. The van der Waals surface area contributed by atoms with Crippen molar-refractivity contribution in [2.75, 3.05) is 19.8 Å². The first-order chi connectivity index (χ1) is 10.9. The second kappa shape index (κ2) is 5.35. The van der Waals surface area contributed by atoms with Gasteiger partial charge in [0, 0.05) is 24.2 Å². The largest absolute Gasteiger partial charge is 0.486 e. The van der Waals surface area contributed by atoms with Gasteiger partial charge in [-0.15, -0.1) is 0 Å². The van der Waals surface area contributed by atoms with Gasteiger partial charge in [-0.25, -0.2) is 4.98 Å². The minimum absolute atomic E-state index is 0.558. The van der Waals surface area contributed by atoms with Gasteiger partial charge in [-0.05, 0) is 18.7 Å². The lowest BCUT2D eigenvalue weighted by atomic mass is 10.2. The Hall–Kier alpha value is -2.53. The number of benzene rings is 2. The lowest BCUT2D eigenvalue weighted by Crippen LogP contribution is -2.15. The van der Waals surface area contributed by atoms with Crippen LogP contribution in [0.2, 0.25) is 0 Å². The van der Waals surface area contributed by atoms with Gasteiger partial charge in [0.1, 0.15) is 19.0 Å². The lowest BCUT2D eigenvalue weighted by Gasteiger charge is -2.18. The number of para-hydroxylation sites is 1. The molecular weight excluding hydrogens is 278 g/mol. The standard InChI is InChI=1S/C17H17N3O2/c18-7-6-17-19-13-10-15-16(22-9-8-21-15)11-14(13)20(17)12-4-2-1-3-5-12/h1-5,10-11H,6-9,18H2. The third-order valence-electron chi connectivity index (χ3n) is 3.77. The lowest BCUT2D eigenvalue weighted by molar-refractivity contribution is 0.172. The zero-order valence-electron chi connectivity index (χ0n) is 12.2. The van der Waals surface area contributed by atoms with E-state index in [2.05, 4.69) is 16.7 Å². The number of rotatable bonds is 3. The highest BCUT2D eigenvalue weighted by Gasteiger charge is 2.18. The van der Waals surface area contributed by atoms with E-state index >= 15 is 0 Å². The fourth-order valence-corrected chi connectivity index (χ4v) is 2.83. The molecule has 0 saturated heterocycles. The number of hydrogen-bond acceptors (Lipinski definition) is 4. The summed E-state index contributed by atoms with van der Waals surface area (Å²) in [6.07, 6.45) is 0.718. The van der Waals surface area contributed by atoms with Crippen molar-refractivity contribution < 1.29 is 9.47 Å². The Morgan fingerprint density at radius 3 is 2.50 bits per heavy atom. The third-order valence-corrected chi connectivity index (χ3v) is 3.77. The van der Waals surface area contributed by atoms with Gasteiger partial charge in [0.2, 0.25) is 0 Å². The molecule has 112 valence electrons. The van der Waals surface area contributed by atoms with Crippen molar-refractivity contribution >= 4 is 11.0 Å². The van der Waals surface area contributed by atoms with Crippen molar-refractivity contribution in [3.8, 4) is 17.2 Å². The minimum Gasteiger partial charge on any atom is -0.486 e. The van der Waals surface area contributed by atoms with Crippen molar-refractivity contribution in [3.63, 3.8) is 0 Å². The van der Waals surface area contributed by atoms with Crippen LogP contribution in [-0.2, 0) is 6.42 Å². The van der Waals surface area contributed by atoms with E-state index in [-0.39, 0.29) is 0 Å². The van der Waals surface area contributed by atoms with Crippen molar-refractivity contribution in [1.29, 1.82) is 0 Å². The first-order valence-electron chi connectivity index (χ1n) is 7.43. The number of imidazole rings is 1. The van der Waals surface area contributed by atoms with E-state index in [1.165, 1.54) is 0 Å². The molecule has 1 aliphatic rings. The number of nitrogens with two attached hydrogens (primary N) is 1. The van der Waals surface area contributed by atoms with Crippen LogP contribution in [0, 0.1) is 0 Å². The Balaban J connectivity index is 1.97. The summed E-state index contributed by atoms with van der Waals surface area (Å²) in [5.74, 6) is 2.48. The van der Waals surface area contributed by atoms with Gasteiger partial charge in [0.05, 0.1) is 11.0 Å². The van der Waals surface area contributed by atoms with E-state index in [0.29, 0.717) is 19.8 Å². The van der Waals surface area contributed by atoms with Crippen LogP contribution in [0.4, 0.5) is 0 Å². The summed E-state index contributed by atoms with van der Waals surface area (Å²) in [6.45, 7) is 1.71. The zero-order valence-corrected chi connectivity index (χ0v) is 12.2. The quantitative estimate of drug-likeness (QED) is 0.805. The van der Waals surface area contributed by atoms with Crippen LogP contribution in [0.1, 0.15) is 5.82 Å². The number of ether oxygens (including phenoxy) is 2. The predicted molar refractivity (Wildman–Crippen MR) is 84.8 cm³/mol. The third kappa shape index (κ3) is 2.10. The molecule has 0 amide bonds. The van der Waals surface area contributed by atoms with E-state index in [9.17, 15) is 0 Å². The average Bonchev–Trinajstić information content (AvgIpc) is 2.90. The Kier molecular flexibility index (Phi) is 3.20. The molecule has 0 radical (unpaired) electrons. The van der Waals surface area contributed by atoms with Crippen LogP contribution in [0.3, 0.4) is 0 Å². The molecule has 5 nitrogen and oxygen atoms in total. The summed E-state index contributed by atoms with van der Waals surface area (Å²) in [5, 5.41) is 0. The van der Waals surface area contributed by atoms with Gasteiger partial charge < -0.3 is 15.2 Å². The van der Waals surface area contributed by atoms with Gasteiger partial charge >= 0.3 is 0 Å². The molecule has 5 heteroatoms. The Morgan fingerprint density at radius 2 is 1.77 bits per heavy atom. The van der Waals surface area contributed by atoms with E-state index in [1.807, 2.05) is 30.3 Å². The maximum atomic E-state index is 5.75. The molecule has 0 spiro atoms. The van der Waals surface area contributed by atoms with Gasteiger partial charge in [-0.1, -0.05) is 18.2 Å². The molecule has 0 unspecified atom stereocenters. The molecule has 2 heterocycles. The van der Waals surface area contributed by atoms with E-state index in [4.69, 9.17) is 20.2 Å². The molecule has 0 bridgehead atoms. The average molecular weight is 295 g/mol. The van der Waals surface area contributed by atoms with Crippen LogP contribution < -0.4 is 15.2 Å². The first kappa shape index (κ1) is 13.2. The zero-order chi connectivity index (χ0) is 14.9. The van der Waals surface area contributed by atoms with Crippen molar-refractivity contribution in [1.82, 2.24) is 9.55 Å². The molecule has 1 aliphatic heterocycles. The van der Waals surface area contributed by atoms with E-state index in [1.54, 1.807) is 0 Å². The van der Waals surface area contributed by atoms with Crippen molar-refractivity contribution in [2.24, 2.45) is 5.73 Å². The van der Waals surface area contributed by atoms with Crippen molar-refractivity contribution in [2.45, 2.75) is 6.42 Å². The normalized spacial score (nSPS) is 13.5. The molecule has 0 atom stereocenters. The molecule has 3 aromatic rings. The summed E-state index contributed by atoms with van der Waals surface area (Å²) in [6, 6.07) is 14.1. The van der Waals surface area contributed by atoms with Crippen molar-refractivity contribution in [3.05, 3.63) is 48.3 Å². The number of hydrogen-bond donors (Lipinski definition) is 1. The topological polar surface area (TPSA) is 62.3 Å². The van der Waals surface area contributed by atoms with Gasteiger partial charge in [-0.3, -0.25) is 4.57 Å². The second-order valence-corrected chi connectivity index (χ2v) is 5.22. The van der Waals surface area contributed by atoms with Crippen LogP contribution in [0.5, 0.6) is 11.5 Å². The SMILES string of the molecule is NCCc1nc2cc3c(cc2n1-c1ccccc1)OCCO3. The maximum Gasteiger partial charge on any atom is 0.163 e. The molecule has 2 aromatic carbocycles. The molecule has 0 fully saturated rings. The highest BCUT2D eigenvalue weighted by Crippen LogP contribution is 2.35. The summed E-state index contributed by atoms with van der Waals surface area (Å²) in [7, 11) is 0. The number of aromatic nitrogens is 2. The highest BCUT2D eigenvalue weighted by molar-refractivity contribution is 5.82. The Bertz CT molecular complexity index is 812.